The molecule has 0 atom stereocenters. The first-order chi connectivity index (χ1) is 12.7. The van der Waals surface area contributed by atoms with E-state index < -0.39 is 5.95 Å². The zero-order chi connectivity index (χ0) is 17.9. The maximum atomic E-state index is 13.4. The monoisotopic (exact) mass is 349 g/mol. The summed E-state index contributed by atoms with van der Waals surface area (Å²) in [7, 11) is 0. The Kier molecular flexibility index (Phi) is 4.06. The molecule has 0 saturated carbocycles. The number of pyridine rings is 1. The Morgan fingerprint density at radius 1 is 1.04 bits per heavy atom. The van der Waals surface area contributed by atoms with E-state index >= 15 is 0 Å². The van der Waals surface area contributed by atoms with Crippen molar-refractivity contribution in [3.05, 3.63) is 66.5 Å². The number of aryl methyl sites for hydroxylation is 1. The number of ether oxygens (including phenoxy) is 1. The van der Waals surface area contributed by atoms with Crippen molar-refractivity contribution in [1.29, 1.82) is 0 Å². The first-order valence-electron chi connectivity index (χ1n) is 7.70. The van der Waals surface area contributed by atoms with Gasteiger partial charge < -0.3 is 9.26 Å². The molecule has 1 aromatic carbocycles. The van der Waals surface area contributed by atoms with Crippen LogP contribution in [0, 0.1) is 12.9 Å². The van der Waals surface area contributed by atoms with Gasteiger partial charge in [-0.25, -0.2) is 15.0 Å². The largest absolute Gasteiger partial charge is 0.424 e. The average Bonchev–Trinajstić information content (AvgIpc) is 3.15. The lowest BCUT2D eigenvalue weighted by atomic mass is 10.1. The highest BCUT2D eigenvalue weighted by Crippen LogP contribution is 2.26. The van der Waals surface area contributed by atoms with Crippen molar-refractivity contribution >= 4 is 0 Å². The Labute approximate surface area is 147 Å². The molecule has 0 unspecified atom stereocenters. The topological polar surface area (TPSA) is 86.8 Å². The van der Waals surface area contributed by atoms with Crippen molar-refractivity contribution < 1.29 is 13.7 Å². The molecule has 4 aromatic rings. The van der Waals surface area contributed by atoms with Gasteiger partial charge in [0.2, 0.25) is 11.8 Å². The molecule has 8 heteroatoms. The highest BCUT2D eigenvalue weighted by molar-refractivity contribution is 5.62. The van der Waals surface area contributed by atoms with Gasteiger partial charge in [0.25, 0.3) is 5.89 Å². The smallest absolute Gasteiger partial charge is 0.321 e. The summed E-state index contributed by atoms with van der Waals surface area (Å²) in [5.74, 6) is 0.599. The number of halogens is 1. The lowest BCUT2D eigenvalue weighted by Gasteiger charge is -2.03. The minimum Gasteiger partial charge on any atom is -0.424 e. The van der Waals surface area contributed by atoms with Crippen LogP contribution in [0.2, 0.25) is 0 Å². The van der Waals surface area contributed by atoms with E-state index in [0.717, 1.165) is 11.1 Å². The number of hydrogen-bond acceptors (Lipinski definition) is 7. The van der Waals surface area contributed by atoms with E-state index in [4.69, 9.17) is 9.26 Å². The molecule has 7 nitrogen and oxygen atoms in total. The van der Waals surface area contributed by atoms with Crippen LogP contribution in [0.1, 0.15) is 5.56 Å². The molecule has 0 aliphatic carbocycles. The van der Waals surface area contributed by atoms with Crippen molar-refractivity contribution in [2.45, 2.75) is 6.92 Å². The zero-order valence-electron chi connectivity index (χ0n) is 13.6. The van der Waals surface area contributed by atoms with Crippen molar-refractivity contribution in [2.75, 3.05) is 0 Å². The van der Waals surface area contributed by atoms with Crippen LogP contribution in [0.4, 0.5) is 4.39 Å². The Hall–Kier alpha value is -3.68. The van der Waals surface area contributed by atoms with Crippen LogP contribution in [0.25, 0.3) is 22.8 Å². The molecule has 0 spiro atoms. The first-order valence-corrected chi connectivity index (χ1v) is 7.70. The van der Waals surface area contributed by atoms with Crippen LogP contribution < -0.4 is 4.74 Å². The van der Waals surface area contributed by atoms with E-state index in [1.54, 1.807) is 49.6 Å². The third-order valence-corrected chi connectivity index (χ3v) is 3.59. The van der Waals surface area contributed by atoms with Gasteiger partial charge in [-0.15, -0.1) is 0 Å². The SMILES string of the molecule is Cc1cnc(F)cc1-c1nc(-c2ccc(Oc3ncccn3)cc2)no1. The van der Waals surface area contributed by atoms with Gasteiger partial charge in [-0.1, -0.05) is 5.16 Å². The molecule has 0 aliphatic heterocycles. The molecule has 26 heavy (non-hydrogen) atoms. The maximum Gasteiger partial charge on any atom is 0.321 e. The van der Waals surface area contributed by atoms with E-state index in [-0.39, 0.29) is 11.9 Å². The van der Waals surface area contributed by atoms with Crippen LogP contribution in [0.3, 0.4) is 0 Å². The van der Waals surface area contributed by atoms with Gasteiger partial charge in [0.1, 0.15) is 5.75 Å². The fourth-order valence-electron chi connectivity index (χ4n) is 2.29. The number of aromatic nitrogens is 5. The van der Waals surface area contributed by atoms with Gasteiger partial charge in [-0.05, 0) is 42.8 Å². The van der Waals surface area contributed by atoms with Gasteiger partial charge >= 0.3 is 6.01 Å². The third-order valence-electron chi connectivity index (χ3n) is 3.59. The molecule has 0 aliphatic rings. The number of hydrogen-bond donors (Lipinski definition) is 0. The highest BCUT2D eigenvalue weighted by atomic mass is 19.1. The van der Waals surface area contributed by atoms with Gasteiger partial charge in [0.15, 0.2) is 0 Å². The Balaban J connectivity index is 1.57. The molecular weight excluding hydrogens is 337 g/mol. The molecule has 0 bridgehead atoms. The lowest BCUT2D eigenvalue weighted by molar-refractivity contribution is 0.431. The Morgan fingerprint density at radius 3 is 2.58 bits per heavy atom. The fourth-order valence-corrected chi connectivity index (χ4v) is 2.29. The minimum absolute atomic E-state index is 0.233. The lowest BCUT2D eigenvalue weighted by Crippen LogP contribution is -1.90. The van der Waals surface area contributed by atoms with Gasteiger partial charge in [-0.3, -0.25) is 0 Å². The van der Waals surface area contributed by atoms with Crippen LogP contribution in [-0.2, 0) is 0 Å². The molecule has 4 rings (SSSR count). The predicted octanol–water partition coefficient (Wildman–Crippen LogP) is 3.83. The van der Waals surface area contributed by atoms with E-state index in [1.165, 1.54) is 12.3 Å². The molecule has 0 radical (unpaired) electrons. The van der Waals surface area contributed by atoms with E-state index in [9.17, 15) is 4.39 Å². The van der Waals surface area contributed by atoms with Gasteiger partial charge in [0.05, 0.1) is 0 Å². The molecular formula is C18H12FN5O2. The minimum atomic E-state index is -0.602. The average molecular weight is 349 g/mol. The first kappa shape index (κ1) is 15.8. The summed E-state index contributed by atoms with van der Waals surface area (Å²) >= 11 is 0. The highest BCUT2D eigenvalue weighted by Gasteiger charge is 2.14. The normalized spacial score (nSPS) is 10.7. The van der Waals surface area contributed by atoms with Crippen molar-refractivity contribution in [3.8, 4) is 34.6 Å². The molecule has 0 amide bonds. The van der Waals surface area contributed by atoms with E-state index in [1.807, 2.05) is 0 Å². The summed E-state index contributed by atoms with van der Waals surface area (Å²) in [5, 5.41) is 3.95. The van der Waals surface area contributed by atoms with Crippen LogP contribution >= 0.6 is 0 Å². The van der Waals surface area contributed by atoms with Crippen LogP contribution in [0.5, 0.6) is 11.8 Å². The van der Waals surface area contributed by atoms with Crippen molar-refractivity contribution in [3.63, 3.8) is 0 Å². The fraction of sp³-hybridized carbons (Fsp3) is 0.0556. The molecule has 3 aromatic heterocycles. The quantitative estimate of drug-likeness (QED) is 0.517. The van der Waals surface area contributed by atoms with Gasteiger partial charge in [0, 0.05) is 35.8 Å². The molecule has 0 fully saturated rings. The second kappa shape index (κ2) is 6.67. The molecule has 3 heterocycles. The summed E-state index contributed by atoms with van der Waals surface area (Å²) in [4.78, 5) is 15.9. The van der Waals surface area contributed by atoms with Crippen molar-refractivity contribution in [2.24, 2.45) is 0 Å². The summed E-state index contributed by atoms with van der Waals surface area (Å²) in [6.45, 7) is 1.80. The second-order valence-electron chi connectivity index (χ2n) is 5.40. The standard InChI is InChI=1S/C18H12FN5O2/c1-11-10-22-15(19)9-14(11)17-23-16(24-26-17)12-3-5-13(6-4-12)25-18-20-7-2-8-21-18/h2-10H,1H3. The molecule has 0 saturated heterocycles. The Bertz CT molecular complexity index is 1040. The number of benzene rings is 1. The number of nitrogens with zero attached hydrogens (tertiary/aromatic N) is 5. The second-order valence-corrected chi connectivity index (χ2v) is 5.40. The van der Waals surface area contributed by atoms with E-state index in [2.05, 4.69) is 25.1 Å². The zero-order valence-corrected chi connectivity index (χ0v) is 13.6. The summed E-state index contributed by atoms with van der Waals surface area (Å²) in [6, 6.07) is 10.3. The third kappa shape index (κ3) is 3.25. The van der Waals surface area contributed by atoms with Crippen LogP contribution in [-0.4, -0.2) is 25.1 Å². The summed E-state index contributed by atoms with van der Waals surface area (Å²) < 4.78 is 24.2. The van der Waals surface area contributed by atoms with Crippen molar-refractivity contribution in [1.82, 2.24) is 25.1 Å². The van der Waals surface area contributed by atoms with E-state index in [0.29, 0.717) is 17.1 Å². The summed E-state index contributed by atoms with van der Waals surface area (Å²) in [6.07, 6.45) is 4.62. The maximum absolute atomic E-state index is 13.4. The summed E-state index contributed by atoms with van der Waals surface area (Å²) in [5.41, 5.74) is 1.99. The van der Waals surface area contributed by atoms with Gasteiger partial charge in [-0.2, -0.15) is 9.37 Å². The Morgan fingerprint density at radius 2 is 1.81 bits per heavy atom. The molecule has 0 N–H and O–H groups in total. The predicted molar refractivity (Wildman–Crippen MR) is 89.8 cm³/mol. The number of rotatable bonds is 4. The molecule has 128 valence electrons. The van der Waals surface area contributed by atoms with Crippen LogP contribution in [0.15, 0.2) is 59.5 Å².